The van der Waals surface area contributed by atoms with E-state index >= 15 is 0 Å². The number of hydrogen-bond donors (Lipinski definition) is 1. The van der Waals surface area contributed by atoms with Gasteiger partial charge >= 0.3 is 0 Å². The maximum Gasteiger partial charge on any atom is 0.220 e. The lowest BCUT2D eigenvalue weighted by Gasteiger charge is -2.38. The second kappa shape index (κ2) is 10.5. The fourth-order valence-corrected chi connectivity index (χ4v) is 5.81. The van der Waals surface area contributed by atoms with Gasteiger partial charge in [-0.25, -0.2) is 0 Å². The quantitative estimate of drug-likeness (QED) is 0.465. The third-order valence-electron chi connectivity index (χ3n) is 6.99. The standard InChI is InChI=1S/C27H28BrClN4O/c28-22-13-21-4-3-20-14-23(29)5-6-24(20)27(26(21)32-17-22)33-10-7-18(8-11-33)12-25(34)31-16-19-2-1-9-30-15-19/h1-2,5-6,9,13-15,17-18,27H,3-4,7-8,10-12,16H2,(H,31,34). The molecule has 1 atom stereocenters. The highest BCUT2D eigenvalue weighted by Gasteiger charge is 2.33. The maximum atomic E-state index is 12.5. The van der Waals surface area contributed by atoms with Gasteiger partial charge in [-0.1, -0.05) is 23.7 Å². The van der Waals surface area contributed by atoms with Crippen molar-refractivity contribution in [2.45, 2.75) is 44.7 Å². The Balaban J connectivity index is 1.27. The monoisotopic (exact) mass is 538 g/mol. The molecule has 2 aliphatic rings. The molecule has 1 fully saturated rings. The van der Waals surface area contributed by atoms with Gasteiger partial charge in [-0.3, -0.25) is 19.7 Å². The van der Waals surface area contributed by atoms with E-state index in [9.17, 15) is 4.79 Å². The van der Waals surface area contributed by atoms with Crippen molar-refractivity contribution in [1.29, 1.82) is 0 Å². The van der Waals surface area contributed by atoms with E-state index < -0.39 is 0 Å². The number of nitrogens with one attached hydrogen (secondary N) is 1. The number of halogens is 2. The van der Waals surface area contributed by atoms with Crippen molar-refractivity contribution in [2.75, 3.05) is 13.1 Å². The van der Waals surface area contributed by atoms with Gasteiger partial charge in [0.2, 0.25) is 5.91 Å². The number of carbonyl (C=O) groups is 1. The molecule has 1 saturated heterocycles. The Hall–Kier alpha value is -2.28. The molecule has 3 aromatic rings. The summed E-state index contributed by atoms with van der Waals surface area (Å²) in [4.78, 5) is 24.1. The van der Waals surface area contributed by atoms with Gasteiger partial charge in [0, 0.05) is 41.1 Å². The van der Waals surface area contributed by atoms with Gasteiger partial charge in [0.25, 0.3) is 0 Å². The van der Waals surface area contributed by atoms with Crippen LogP contribution in [-0.4, -0.2) is 33.9 Å². The number of rotatable bonds is 5. The second-order valence-electron chi connectivity index (χ2n) is 9.27. The van der Waals surface area contributed by atoms with Crippen LogP contribution >= 0.6 is 27.5 Å². The molecule has 1 unspecified atom stereocenters. The van der Waals surface area contributed by atoms with Crippen molar-refractivity contribution in [3.63, 3.8) is 0 Å². The minimum atomic E-state index is 0.119. The van der Waals surface area contributed by atoms with Gasteiger partial charge in [-0.15, -0.1) is 0 Å². The molecule has 0 bridgehead atoms. The molecule has 5 rings (SSSR count). The fourth-order valence-electron chi connectivity index (χ4n) is 5.24. The lowest BCUT2D eigenvalue weighted by molar-refractivity contribution is -0.122. The number of aryl methyl sites for hydroxylation is 2. The average molecular weight is 540 g/mol. The van der Waals surface area contributed by atoms with Gasteiger partial charge in [-0.05, 0) is 107 Å². The van der Waals surface area contributed by atoms with E-state index in [1.165, 1.54) is 16.7 Å². The van der Waals surface area contributed by atoms with Gasteiger partial charge < -0.3 is 5.32 Å². The molecule has 1 aromatic carbocycles. The van der Waals surface area contributed by atoms with Crippen LogP contribution in [0.1, 0.15) is 53.3 Å². The molecular formula is C27H28BrClN4O. The van der Waals surface area contributed by atoms with Crippen LogP contribution in [0.15, 0.2) is 59.5 Å². The van der Waals surface area contributed by atoms with E-state index in [4.69, 9.17) is 16.6 Å². The third-order valence-corrected chi connectivity index (χ3v) is 7.66. The summed E-state index contributed by atoms with van der Waals surface area (Å²) in [6, 6.07) is 12.5. The maximum absolute atomic E-state index is 12.5. The van der Waals surface area contributed by atoms with Gasteiger partial charge in [0.15, 0.2) is 0 Å². The molecule has 1 amide bonds. The van der Waals surface area contributed by atoms with Gasteiger partial charge in [0.05, 0.1) is 11.7 Å². The first kappa shape index (κ1) is 23.5. The smallest absolute Gasteiger partial charge is 0.220 e. The third kappa shape index (κ3) is 5.35. The summed E-state index contributed by atoms with van der Waals surface area (Å²) in [5.41, 5.74) is 6.09. The topological polar surface area (TPSA) is 58.1 Å². The number of aromatic nitrogens is 2. The molecule has 1 N–H and O–H groups in total. The summed E-state index contributed by atoms with van der Waals surface area (Å²) in [5.74, 6) is 0.520. The molecule has 0 radical (unpaired) electrons. The fraction of sp³-hybridized carbons (Fsp3) is 0.370. The van der Waals surface area contributed by atoms with Crippen molar-refractivity contribution in [1.82, 2.24) is 20.2 Å². The van der Waals surface area contributed by atoms with E-state index in [0.29, 0.717) is 18.9 Å². The van der Waals surface area contributed by atoms with E-state index in [2.05, 4.69) is 49.3 Å². The Kier molecular flexibility index (Phi) is 7.28. The zero-order valence-electron chi connectivity index (χ0n) is 19.0. The van der Waals surface area contributed by atoms with Gasteiger partial charge in [-0.2, -0.15) is 0 Å². The highest BCUT2D eigenvalue weighted by Crippen LogP contribution is 2.39. The largest absolute Gasteiger partial charge is 0.352 e. The summed E-state index contributed by atoms with van der Waals surface area (Å²) in [5, 5.41) is 3.83. The molecule has 34 heavy (non-hydrogen) atoms. The number of fused-ring (bicyclic) bond motifs is 2. The first-order chi connectivity index (χ1) is 16.6. The summed E-state index contributed by atoms with van der Waals surface area (Å²) in [6.07, 6.45) is 9.95. The van der Waals surface area contributed by atoms with E-state index in [-0.39, 0.29) is 11.9 Å². The van der Waals surface area contributed by atoms with Crippen LogP contribution in [0.3, 0.4) is 0 Å². The van der Waals surface area contributed by atoms with Crippen molar-refractivity contribution >= 4 is 33.4 Å². The molecule has 1 aliphatic heterocycles. The highest BCUT2D eigenvalue weighted by atomic mass is 79.9. The van der Waals surface area contributed by atoms with E-state index in [1.54, 1.807) is 12.4 Å². The lowest BCUT2D eigenvalue weighted by Crippen LogP contribution is -2.39. The molecule has 176 valence electrons. The van der Waals surface area contributed by atoms with Crippen molar-refractivity contribution < 1.29 is 4.79 Å². The Morgan fingerprint density at radius 2 is 1.94 bits per heavy atom. The number of benzene rings is 1. The van der Waals surface area contributed by atoms with Crippen molar-refractivity contribution in [2.24, 2.45) is 5.92 Å². The summed E-state index contributed by atoms with van der Waals surface area (Å²) in [6.45, 7) is 2.43. The number of likely N-dealkylation sites (tertiary alicyclic amines) is 1. The lowest BCUT2D eigenvalue weighted by atomic mass is 9.89. The van der Waals surface area contributed by atoms with Crippen molar-refractivity contribution in [3.05, 3.63) is 92.4 Å². The van der Waals surface area contributed by atoms with Crippen LogP contribution in [0.4, 0.5) is 0 Å². The molecule has 3 heterocycles. The summed E-state index contributed by atoms with van der Waals surface area (Å²) in [7, 11) is 0. The van der Waals surface area contributed by atoms with E-state index in [0.717, 1.165) is 59.5 Å². The molecule has 0 spiro atoms. The molecule has 1 aliphatic carbocycles. The molecule has 5 nitrogen and oxygen atoms in total. The zero-order valence-corrected chi connectivity index (χ0v) is 21.4. The van der Waals surface area contributed by atoms with Crippen LogP contribution in [0, 0.1) is 5.92 Å². The number of pyridine rings is 2. The zero-order chi connectivity index (χ0) is 23.5. The average Bonchev–Trinajstić information content (AvgIpc) is 3.00. The Morgan fingerprint density at radius 3 is 2.74 bits per heavy atom. The first-order valence-electron chi connectivity index (χ1n) is 11.9. The first-order valence-corrected chi connectivity index (χ1v) is 13.1. The molecule has 0 saturated carbocycles. The SMILES string of the molecule is O=C(CC1CCN(C2c3ccc(Cl)cc3CCc3cc(Br)cnc32)CC1)NCc1cccnc1. The minimum absolute atomic E-state index is 0.119. The van der Waals surface area contributed by atoms with E-state index in [1.807, 2.05) is 24.4 Å². The number of hydrogen-bond acceptors (Lipinski definition) is 4. The van der Waals surface area contributed by atoms with Crippen LogP contribution in [-0.2, 0) is 24.2 Å². The number of amides is 1. The Morgan fingerprint density at radius 1 is 1.12 bits per heavy atom. The highest BCUT2D eigenvalue weighted by molar-refractivity contribution is 9.10. The summed E-state index contributed by atoms with van der Waals surface area (Å²) >= 11 is 9.95. The van der Waals surface area contributed by atoms with Crippen LogP contribution in [0.25, 0.3) is 0 Å². The normalized spacial score (nSPS) is 18.6. The minimum Gasteiger partial charge on any atom is -0.352 e. The predicted octanol–water partition coefficient (Wildman–Crippen LogP) is 5.50. The van der Waals surface area contributed by atoms with Gasteiger partial charge in [0.1, 0.15) is 0 Å². The van der Waals surface area contributed by atoms with Crippen LogP contribution in [0.5, 0.6) is 0 Å². The molecule has 2 aromatic heterocycles. The summed E-state index contributed by atoms with van der Waals surface area (Å²) < 4.78 is 1.02. The Bertz CT molecular complexity index is 1110. The molecular weight excluding hydrogens is 512 g/mol. The van der Waals surface area contributed by atoms with Crippen LogP contribution < -0.4 is 5.32 Å². The number of carbonyl (C=O) groups excluding carboxylic acids is 1. The number of piperidine rings is 1. The molecule has 7 heteroatoms. The van der Waals surface area contributed by atoms with Crippen molar-refractivity contribution in [3.8, 4) is 0 Å². The Labute approximate surface area is 214 Å². The number of nitrogens with zero attached hydrogens (tertiary/aromatic N) is 3. The second-order valence-corrected chi connectivity index (χ2v) is 10.6. The van der Waals surface area contributed by atoms with Crippen LogP contribution in [0.2, 0.25) is 5.02 Å². The predicted molar refractivity (Wildman–Crippen MR) is 138 cm³/mol.